The summed E-state index contributed by atoms with van der Waals surface area (Å²) in [4.78, 5) is 32.2. The lowest BCUT2D eigenvalue weighted by atomic mass is 10.1. The number of aryl methyl sites for hydroxylation is 5. The second-order valence-electron chi connectivity index (χ2n) is 8.79. The van der Waals surface area contributed by atoms with Gasteiger partial charge in [-0.1, -0.05) is 35.9 Å². The number of benzene rings is 2. The van der Waals surface area contributed by atoms with E-state index in [1.165, 1.54) is 15.7 Å². The molecule has 0 radical (unpaired) electrons. The Labute approximate surface area is 186 Å². The molecule has 0 aliphatic carbocycles. The number of hydrogen-bond donors (Lipinski definition) is 1. The molecule has 1 aliphatic rings. The largest absolute Gasteiger partial charge is 0.364 e. The van der Waals surface area contributed by atoms with Gasteiger partial charge in [-0.15, -0.1) is 0 Å². The zero-order valence-electron chi connectivity index (χ0n) is 19.0. The maximum Gasteiger partial charge on any atom is 0.364 e. The monoisotopic (exact) mass is 430 g/mol. The van der Waals surface area contributed by atoms with Gasteiger partial charge in [-0.05, 0) is 49.6 Å². The number of aromatic nitrogens is 4. The molecule has 1 aliphatic heterocycles. The van der Waals surface area contributed by atoms with Gasteiger partial charge in [0.15, 0.2) is 0 Å². The zero-order valence-corrected chi connectivity index (χ0v) is 19.0. The molecule has 7 heteroatoms. The predicted octanol–water partition coefficient (Wildman–Crippen LogP) is 2.83. The van der Waals surface area contributed by atoms with Gasteiger partial charge in [0.2, 0.25) is 11.2 Å². The molecule has 2 aromatic carbocycles. The van der Waals surface area contributed by atoms with E-state index in [4.69, 9.17) is 0 Å². The minimum Gasteiger partial charge on any atom is -0.267 e. The number of aromatic amines is 1. The summed E-state index contributed by atoms with van der Waals surface area (Å²) >= 11 is 0. The third kappa shape index (κ3) is 3.16. The second kappa shape index (κ2) is 7.51. The van der Waals surface area contributed by atoms with E-state index in [0.29, 0.717) is 11.2 Å². The number of anilines is 2. The van der Waals surface area contributed by atoms with Crippen molar-refractivity contribution in [1.29, 1.82) is 0 Å². The highest BCUT2D eigenvalue weighted by molar-refractivity contribution is 5.70. The number of fused-ring (bicyclic) bond motifs is 3. The van der Waals surface area contributed by atoms with Crippen LogP contribution in [0.25, 0.3) is 11.2 Å². The fraction of sp³-hybridized carbons (Fsp3) is 0.320. The van der Waals surface area contributed by atoms with Crippen molar-refractivity contribution in [3.8, 4) is 0 Å². The van der Waals surface area contributed by atoms with E-state index in [1.807, 2.05) is 35.8 Å². The molecule has 1 N–H and O–H groups in total. The van der Waals surface area contributed by atoms with Gasteiger partial charge in [0.25, 0.3) is 5.56 Å². The van der Waals surface area contributed by atoms with E-state index in [9.17, 15) is 9.59 Å². The minimum atomic E-state index is -0.319. The summed E-state index contributed by atoms with van der Waals surface area (Å²) in [6.07, 6.45) is 0.914. The van der Waals surface area contributed by atoms with Crippen LogP contribution >= 0.6 is 0 Å². The van der Waals surface area contributed by atoms with Gasteiger partial charge in [0, 0.05) is 13.5 Å². The molecule has 32 heavy (non-hydrogen) atoms. The Hall–Kier alpha value is -3.61. The number of hydrogen-bond acceptors (Lipinski definition) is 3. The van der Waals surface area contributed by atoms with E-state index in [-0.39, 0.29) is 17.8 Å². The minimum absolute atomic E-state index is 0.253. The molecular formula is C25H28N5O2+. The van der Waals surface area contributed by atoms with E-state index in [1.54, 1.807) is 11.6 Å². The van der Waals surface area contributed by atoms with Crippen LogP contribution in [0, 0.1) is 20.8 Å². The van der Waals surface area contributed by atoms with Crippen LogP contribution in [0.15, 0.2) is 52.1 Å². The highest BCUT2D eigenvalue weighted by atomic mass is 16.2. The SMILES string of the molecule is Cc1ccc(Cn2c(=O)c3c([nH]c4[n+]3CCCN4c3ccc(C)c(C)c3)n(C)c2=O)cc1. The number of H-pyrrole nitrogens is 1. The Morgan fingerprint density at radius 2 is 1.75 bits per heavy atom. The lowest BCUT2D eigenvalue weighted by Gasteiger charge is -2.22. The highest BCUT2D eigenvalue weighted by Crippen LogP contribution is 2.27. The maximum atomic E-state index is 13.5. The van der Waals surface area contributed by atoms with Crippen molar-refractivity contribution in [3.05, 3.63) is 85.6 Å². The van der Waals surface area contributed by atoms with Crippen molar-refractivity contribution in [2.45, 2.75) is 40.3 Å². The smallest absolute Gasteiger partial charge is 0.267 e. The molecule has 3 heterocycles. The Kier molecular flexibility index (Phi) is 4.77. The molecule has 5 rings (SSSR count). The first-order valence-corrected chi connectivity index (χ1v) is 11.0. The molecule has 0 unspecified atom stereocenters. The first-order chi connectivity index (χ1) is 15.3. The van der Waals surface area contributed by atoms with Gasteiger partial charge in [0.1, 0.15) is 5.69 Å². The van der Waals surface area contributed by atoms with Crippen LogP contribution < -0.4 is 20.7 Å². The Morgan fingerprint density at radius 1 is 1.00 bits per heavy atom. The number of nitrogens with one attached hydrogen (secondary N) is 1. The Morgan fingerprint density at radius 3 is 2.47 bits per heavy atom. The quantitative estimate of drug-likeness (QED) is 0.509. The third-order valence-corrected chi connectivity index (χ3v) is 6.56. The van der Waals surface area contributed by atoms with Crippen molar-refractivity contribution in [2.75, 3.05) is 11.4 Å². The summed E-state index contributed by atoms with van der Waals surface area (Å²) in [5.41, 5.74) is 6.16. The standard InChI is InChI=1S/C25H27N5O2/c1-16-6-9-19(10-7-16)15-30-23(31)21-22(27(4)25(30)32)26-24-28(12-5-13-29(21)24)20-11-8-17(2)18(3)14-20/h6-11,14H,5,12-13,15H2,1-4H3/p+1. The summed E-state index contributed by atoms with van der Waals surface area (Å²) < 4.78 is 4.92. The second-order valence-corrected chi connectivity index (χ2v) is 8.79. The fourth-order valence-electron chi connectivity index (χ4n) is 4.50. The molecule has 7 nitrogen and oxygen atoms in total. The summed E-state index contributed by atoms with van der Waals surface area (Å²) in [6.45, 7) is 8.06. The van der Waals surface area contributed by atoms with E-state index < -0.39 is 0 Å². The molecule has 0 fully saturated rings. The van der Waals surface area contributed by atoms with Crippen LogP contribution in [0.4, 0.5) is 11.6 Å². The van der Waals surface area contributed by atoms with E-state index in [2.05, 4.69) is 41.9 Å². The van der Waals surface area contributed by atoms with Crippen LogP contribution in [0.1, 0.15) is 28.7 Å². The van der Waals surface area contributed by atoms with Crippen LogP contribution in [-0.4, -0.2) is 20.7 Å². The van der Waals surface area contributed by atoms with Gasteiger partial charge in [-0.3, -0.25) is 13.9 Å². The van der Waals surface area contributed by atoms with Crippen molar-refractivity contribution in [2.24, 2.45) is 7.05 Å². The molecule has 0 atom stereocenters. The molecule has 0 amide bonds. The van der Waals surface area contributed by atoms with Gasteiger partial charge in [-0.2, -0.15) is 0 Å². The molecular weight excluding hydrogens is 402 g/mol. The predicted molar refractivity (Wildman–Crippen MR) is 126 cm³/mol. The van der Waals surface area contributed by atoms with Crippen molar-refractivity contribution >= 4 is 22.8 Å². The van der Waals surface area contributed by atoms with Crippen molar-refractivity contribution in [1.82, 2.24) is 14.1 Å². The van der Waals surface area contributed by atoms with Gasteiger partial charge < -0.3 is 0 Å². The summed E-state index contributed by atoms with van der Waals surface area (Å²) in [5.74, 6) is 0.842. The van der Waals surface area contributed by atoms with E-state index in [0.717, 1.165) is 42.3 Å². The van der Waals surface area contributed by atoms with E-state index >= 15 is 0 Å². The fourth-order valence-corrected chi connectivity index (χ4v) is 4.50. The summed E-state index contributed by atoms with van der Waals surface area (Å²) in [5, 5.41) is 0. The van der Waals surface area contributed by atoms with Crippen LogP contribution in [0.2, 0.25) is 0 Å². The van der Waals surface area contributed by atoms with Crippen LogP contribution in [-0.2, 0) is 20.1 Å². The highest BCUT2D eigenvalue weighted by Gasteiger charge is 2.33. The average molecular weight is 431 g/mol. The molecule has 4 aromatic rings. The average Bonchev–Trinajstić information content (AvgIpc) is 3.18. The van der Waals surface area contributed by atoms with Crippen LogP contribution in [0.5, 0.6) is 0 Å². The molecule has 0 saturated heterocycles. The molecule has 2 aromatic heterocycles. The van der Waals surface area contributed by atoms with Gasteiger partial charge in [-0.25, -0.2) is 19.2 Å². The number of nitrogens with zero attached hydrogens (tertiary/aromatic N) is 4. The van der Waals surface area contributed by atoms with Gasteiger partial charge in [0.05, 0.1) is 19.6 Å². The molecule has 0 saturated carbocycles. The Balaban J connectivity index is 1.68. The van der Waals surface area contributed by atoms with Crippen LogP contribution in [0.3, 0.4) is 0 Å². The number of imidazole rings is 1. The summed E-state index contributed by atoms with van der Waals surface area (Å²) in [7, 11) is 1.72. The normalized spacial score (nSPS) is 13.6. The number of rotatable bonds is 3. The first kappa shape index (κ1) is 20.3. The molecule has 0 spiro atoms. The zero-order chi connectivity index (χ0) is 22.6. The third-order valence-electron chi connectivity index (χ3n) is 6.56. The van der Waals surface area contributed by atoms with Crippen molar-refractivity contribution in [3.63, 3.8) is 0 Å². The molecule has 0 bridgehead atoms. The topological polar surface area (TPSA) is 66.9 Å². The van der Waals surface area contributed by atoms with Crippen molar-refractivity contribution < 1.29 is 4.57 Å². The maximum absolute atomic E-state index is 13.5. The lowest BCUT2D eigenvalue weighted by molar-refractivity contribution is -0.663. The molecule has 164 valence electrons. The first-order valence-electron chi connectivity index (χ1n) is 11.0. The van der Waals surface area contributed by atoms with Gasteiger partial charge >= 0.3 is 11.6 Å². The Bertz CT molecular complexity index is 1460. The summed E-state index contributed by atoms with van der Waals surface area (Å²) in [6, 6.07) is 14.3. The lowest BCUT2D eigenvalue weighted by Crippen LogP contribution is -2.49.